The zero-order valence-corrected chi connectivity index (χ0v) is 11.6. The average molecular weight is 261 g/mol. The van der Waals surface area contributed by atoms with Gasteiger partial charge in [0.1, 0.15) is 0 Å². The summed E-state index contributed by atoms with van der Waals surface area (Å²) in [5, 5.41) is 3.66. The first-order chi connectivity index (χ1) is 9.35. The maximum atomic E-state index is 5.21. The SMILES string of the molecule is COc1cc(N2CCCC(CNC3CC3)C2)ccn1. The minimum absolute atomic E-state index is 0.704. The number of hydrogen-bond acceptors (Lipinski definition) is 4. The topological polar surface area (TPSA) is 37.4 Å². The van der Waals surface area contributed by atoms with Crippen LogP contribution in [0.4, 0.5) is 5.69 Å². The Kier molecular flexibility index (Phi) is 3.87. The molecule has 0 spiro atoms. The Morgan fingerprint density at radius 2 is 2.32 bits per heavy atom. The number of anilines is 1. The fourth-order valence-corrected chi connectivity index (χ4v) is 2.79. The molecule has 1 aromatic rings. The molecule has 1 N–H and O–H groups in total. The first-order valence-corrected chi connectivity index (χ1v) is 7.33. The molecule has 1 aliphatic carbocycles. The molecule has 0 aromatic carbocycles. The third kappa shape index (κ3) is 3.38. The van der Waals surface area contributed by atoms with E-state index >= 15 is 0 Å². The first-order valence-electron chi connectivity index (χ1n) is 7.33. The van der Waals surface area contributed by atoms with Crippen molar-refractivity contribution < 1.29 is 4.74 Å². The summed E-state index contributed by atoms with van der Waals surface area (Å²) in [6.45, 7) is 3.46. The molecule has 0 bridgehead atoms. The van der Waals surface area contributed by atoms with Gasteiger partial charge in [-0.05, 0) is 44.2 Å². The van der Waals surface area contributed by atoms with Crippen LogP contribution in [0.25, 0.3) is 0 Å². The molecular formula is C15H23N3O. The van der Waals surface area contributed by atoms with Crippen molar-refractivity contribution in [1.29, 1.82) is 0 Å². The van der Waals surface area contributed by atoms with Crippen LogP contribution in [-0.2, 0) is 0 Å². The van der Waals surface area contributed by atoms with E-state index < -0.39 is 0 Å². The van der Waals surface area contributed by atoms with Gasteiger partial charge in [0, 0.05) is 37.1 Å². The molecule has 2 heterocycles. The number of nitrogens with one attached hydrogen (secondary N) is 1. The molecule has 4 heteroatoms. The molecule has 4 nitrogen and oxygen atoms in total. The molecule has 19 heavy (non-hydrogen) atoms. The van der Waals surface area contributed by atoms with Crippen molar-refractivity contribution in [3.8, 4) is 5.88 Å². The van der Waals surface area contributed by atoms with Crippen molar-refractivity contribution in [2.45, 2.75) is 31.7 Å². The lowest BCUT2D eigenvalue weighted by Gasteiger charge is -2.34. The highest BCUT2D eigenvalue weighted by atomic mass is 16.5. The number of ether oxygens (including phenoxy) is 1. The van der Waals surface area contributed by atoms with Gasteiger partial charge in [0.2, 0.25) is 5.88 Å². The summed E-state index contributed by atoms with van der Waals surface area (Å²) in [5.41, 5.74) is 1.24. The van der Waals surface area contributed by atoms with Gasteiger partial charge in [0.05, 0.1) is 7.11 Å². The van der Waals surface area contributed by atoms with E-state index in [0.29, 0.717) is 5.88 Å². The minimum Gasteiger partial charge on any atom is -0.481 e. The Hall–Kier alpha value is -1.29. The van der Waals surface area contributed by atoms with E-state index in [1.807, 2.05) is 12.3 Å². The molecule has 1 aromatic heterocycles. The normalized spacial score (nSPS) is 23.4. The van der Waals surface area contributed by atoms with Crippen molar-refractivity contribution in [3.05, 3.63) is 18.3 Å². The maximum Gasteiger partial charge on any atom is 0.214 e. The molecule has 2 aliphatic rings. The molecule has 2 fully saturated rings. The van der Waals surface area contributed by atoms with E-state index in [-0.39, 0.29) is 0 Å². The van der Waals surface area contributed by atoms with Crippen LogP contribution in [-0.4, -0.2) is 37.8 Å². The van der Waals surface area contributed by atoms with Crippen molar-refractivity contribution in [1.82, 2.24) is 10.3 Å². The summed E-state index contributed by atoms with van der Waals surface area (Å²) in [5.74, 6) is 1.48. The Morgan fingerprint density at radius 3 is 3.11 bits per heavy atom. The highest BCUT2D eigenvalue weighted by Crippen LogP contribution is 2.26. The largest absolute Gasteiger partial charge is 0.481 e. The number of piperidine rings is 1. The molecular weight excluding hydrogens is 238 g/mol. The predicted molar refractivity (Wildman–Crippen MR) is 76.8 cm³/mol. The van der Waals surface area contributed by atoms with Gasteiger partial charge in [-0.1, -0.05) is 0 Å². The molecule has 0 amide bonds. The average Bonchev–Trinajstić information content (AvgIpc) is 3.30. The number of pyridine rings is 1. The van der Waals surface area contributed by atoms with E-state index in [1.54, 1.807) is 7.11 Å². The minimum atomic E-state index is 0.704. The van der Waals surface area contributed by atoms with Crippen LogP contribution in [0.15, 0.2) is 18.3 Å². The number of nitrogens with zero attached hydrogens (tertiary/aromatic N) is 2. The maximum absolute atomic E-state index is 5.21. The smallest absolute Gasteiger partial charge is 0.214 e. The fraction of sp³-hybridized carbons (Fsp3) is 0.667. The molecule has 0 radical (unpaired) electrons. The Balaban J connectivity index is 1.59. The van der Waals surface area contributed by atoms with Crippen LogP contribution >= 0.6 is 0 Å². The fourth-order valence-electron chi connectivity index (χ4n) is 2.79. The molecule has 1 unspecified atom stereocenters. The van der Waals surface area contributed by atoms with Gasteiger partial charge in [0.25, 0.3) is 0 Å². The van der Waals surface area contributed by atoms with Gasteiger partial charge in [-0.25, -0.2) is 4.98 Å². The number of hydrogen-bond donors (Lipinski definition) is 1. The van der Waals surface area contributed by atoms with Gasteiger partial charge in [-0.3, -0.25) is 0 Å². The van der Waals surface area contributed by atoms with Crippen LogP contribution < -0.4 is 15.0 Å². The van der Waals surface area contributed by atoms with Gasteiger partial charge in [-0.15, -0.1) is 0 Å². The van der Waals surface area contributed by atoms with Crippen molar-refractivity contribution in [3.63, 3.8) is 0 Å². The molecule has 1 atom stereocenters. The van der Waals surface area contributed by atoms with Crippen molar-refractivity contribution in [2.24, 2.45) is 5.92 Å². The molecule has 1 saturated carbocycles. The lowest BCUT2D eigenvalue weighted by atomic mass is 9.97. The van der Waals surface area contributed by atoms with Gasteiger partial charge in [-0.2, -0.15) is 0 Å². The zero-order chi connectivity index (χ0) is 13.1. The third-order valence-corrected chi connectivity index (χ3v) is 4.08. The van der Waals surface area contributed by atoms with Crippen LogP contribution in [0, 0.1) is 5.92 Å². The number of rotatable bonds is 5. The van der Waals surface area contributed by atoms with Crippen LogP contribution in [0.2, 0.25) is 0 Å². The lowest BCUT2D eigenvalue weighted by molar-refractivity contribution is 0.387. The van der Waals surface area contributed by atoms with Crippen molar-refractivity contribution in [2.75, 3.05) is 31.6 Å². The lowest BCUT2D eigenvalue weighted by Crippen LogP contribution is -2.40. The van der Waals surface area contributed by atoms with Crippen LogP contribution in [0.5, 0.6) is 5.88 Å². The summed E-state index contributed by atoms with van der Waals surface area (Å²) in [4.78, 5) is 6.64. The third-order valence-electron chi connectivity index (χ3n) is 4.08. The summed E-state index contributed by atoms with van der Waals surface area (Å²) >= 11 is 0. The summed E-state index contributed by atoms with van der Waals surface area (Å²) in [6.07, 6.45) is 7.20. The second kappa shape index (κ2) is 5.78. The highest BCUT2D eigenvalue weighted by Gasteiger charge is 2.25. The first kappa shape index (κ1) is 12.7. The van der Waals surface area contributed by atoms with E-state index in [1.165, 1.54) is 37.9 Å². The van der Waals surface area contributed by atoms with Gasteiger partial charge in [0.15, 0.2) is 0 Å². The second-order valence-corrected chi connectivity index (χ2v) is 5.69. The van der Waals surface area contributed by atoms with E-state index in [9.17, 15) is 0 Å². The molecule has 104 valence electrons. The zero-order valence-electron chi connectivity index (χ0n) is 11.6. The standard InChI is InChI=1S/C15H23N3O/c1-19-15-9-14(6-7-16-15)18-8-2-3-12(11-18)10-17-13-4-5-13/h6-7,9,12-13,17H,2-5,8,10-11H2,1H3. The van der Waals surface area contributed by atoms with E-state index in [2.05, 4.69) is 21.3 Å². The monoisotopic (exact) mass is 261 g/mol. The molecule has 1 saturated heterocycles. The van der Waals surface area contributed by atoms with Gasteiger partial charge < -0.3 is 15.0 Å². The van der Waals surface area contributed by atoms with Crippen LogP contribution in [0.1, 0.15) is 25.7 Å². The Bertz CT molecular complexity index is 420. The Morgan fingerprint density at radius 1 is 1.42 bits per heavy atom. The van der Waals surface area contributed by atoms with Crippen LogP contribution in [0.3, 0.4) is 0 Å². The van der Waals surface area contributed by atoms with Crippen molar-refractivity contribution >= 4 is 5.69 Å². The molecule has 1 aliphatic heterocycles. The van der Waals surface area contributed by atoms with E-state index in [4.69, 9.17) is 4.74 Å². The summed E-state index contributed by atoms with van der Waals surface area (Å²) in [6, 6.07) is 4.94. The van der Waals surface area contributed by atoms with E-state index in [0.717, 1.165) is 25.0 Å². The highest BCUT2D eigenvalue weighted by molar-refractivity contribution is 5.48. The predicted octanol–water partition coefficient (Wildman–Crippen LogP) is 2.06. The molecule has 3 rings (SSSR count). The second-order valence-electron chi connectivity index (χ2n) is 5.69. The Labute approximate surface area is 115 Å². The number of aromatic nitrogens is 1. The quantitative estimate of drug-likeness (QED) is 0.880. The van der Waals surface area contributed by atoms with Gasteiger partial charge >= 0.3 is 0 Å². The summed E-state index contributed by atoms with van der Waals surface area (Å²) in [7, 11) is 1.67. The summed E-state index contributed by atoms with van der Waals surface area (Å²) < 4.78 is 5.21. The number of methoxy groups -OCH3 is 1.